The molecule has 156 valence electrons. The Hall–Kier alpha value is -3.56. The van der Waals surface area contributed by atoms with E-state index >= 15 is 0 Å². The molecule has 0 heterocycles. The number of nitrogens with one attached hydrogen (secondary N) is 1. The molecule has 0 atom stereocenters. The minimum Gasteiger partial charge on any atom is -0.493 e. The zero-order chi connectivity index (χ0) is 22.2. The molecule has 1 N–H and O–H groups in total. The molecule has 3 aromatic rings. The highest BCUT2D eigenvalue weighted by molar-refractivity contribution is 9.10. The molecule has 0 aliphatic rings. The predicted octanol–water partition coefficient (Wildman–Crippen LogP) is 5.89. The van der Waals surface area contributed by atoms with Gasteiger partial charge in [-0.1, -0.05) is 42.5 Å². The van der Waals surface area contributed by atoms with E-state index in [1.807, 2.05) is 55.5 Å². The molecule has 0 aromatic heterocycles. The summed E-state index contributed by atoms with van der Waals surface area (Å²) >= 11 is 3.52. The number of benzene rings is 3. The van der Waals surface area contributed by atoms with Gasteiger partial charge in [-0.3, -0.25) is 4.79 Å². The van der Waals surface area contributed by atoms with Gasteiger partial charge in [-0.2, -0.15) is 5.26 Å². The molecule has 0 unspecified atom stereocenters. The average Bonchev–Trinajstić information content (AvgIpc) is 2.78. The first-order valence-corrected chi connectivity index (χ1v) is 10.3. The Bertz CT molecular complexity index is 1150. The number of para-hydroxylation sites is 1. The van der Waals surface area contributed by atoms with E-state index in [9.17, 15) is 10.1 Å². The summed E-state index contributed by atoms with van der Waals surface area (Å²) in [4.78, 5) is 12.5. The summed E-state index contributed by atoms with van der Waals surface area (Å²) in [5.41, 5.74) is 3.44. The highest BCUT2D eigenvalue weighted by Gasteiger charge is 2.14. The Balaban J connectivity index is 1.83. The Morgan fingerprint density at radius 3 is 2.52 bits per heavy atom. The molecule has 3 rings (SSSR count). The lowest BCUT2D eigenvalue weighted by molar-refractivity contribution is -0.112. The van der Waals surface area contributed by atoms with E-state index < -0.39 is 5.91 Å². The second-order valence-electron chi connectivity index (χ2n) is 6.74. The number of carbonyl (C=O) groups excluding carboxylic acids is 1. The fraction of sp³-hybridized carbons (Fsp3) is 0.120. The summed E-state index contributed by atoms with van der Waals surface area (Å²) in [6.45, 7) is 2.42. The average molecular weight is 477 g/mol. The number of aryl methyl sites for hydroxylation is 1. The molecular formula is C25H21BrN2O3. The van der Waals surface area contributed by atoms with Gasteiger partial charge in [-0.25, -0.2) is 0 Å². The maximum Gasteiger partial charge on any atom is 0.266 e. The fourth-order valence-electron chi connectivity index (χ4n) is 2.92. The van der Waals surface area contributed by atoms with E-state index in [0.717, 1.165) is 11.1 Å². The first-order chi connectivity index (χ1) is 15.0. The maximum absolute atomic E-state index is 12.5. The lowest BCUT2D eigenvalue weighted by atomic mass is 10.1. The minimum atomic E-state index is -0.483. The largest absolute Gasteiger partial charge is 0.493 e. The number of anilines is 1. The molecule has 0 radical (unpaired) electrons. The third kappa shape index (κ3) is 5.74. The molecule has 3 aromatic carbocycles. The van der Waals surface area contributed by atoms with Crippen LogP contribution in [-0.2, 0) is 11.4 Å². The van der Waals surface area contributed by atoms with Crippen LogP contribution in [0.1, 0.15) is 16.7 Å². The van der Waals surface area contributed by atoms with Gasteiger partial charge in [0.05, 0.1) is 11.6 Å². The molecule has 0 bridgehead atoms. The Kier molecular flexibility index (Phi) is 7.47. The number of halogens is 1. The second-order valence-corrected chi connectivity index (χ2v) is 7.59. The van der Waals surface area contributed by atoms with E-state index in [1.54, 1.807) is 31.4 Å². The quantitative estimate of drug-likeness (QED) is 0.340. The van der Waals surface area contributed by atoms with E-state index in [1.165, 1.54) is 6.08 Å². The van der Waals surface area contributed by atoms with Gasteiger partial charge in [0.1, 0.15) is 18.2 Å². The summed E-state index contributed by atoms with van der Waals surface area (Å²) in [5, 5.41) is 12.2. The van der Waals surface area contributed by atoms with Crippen molar-refractivity contribution in [3.8, 4) is 17.6 Å². The molecule has 0 aliphatic heterocycles. The highest BCUT2D eigenvalue weighted by atomic mass is 79.9. The molecule has 0 spiro atoms. The number of hydrogen-bond donors (Lipinski definition) is 1. The number of carbonyl (C=O) groups is 1. The third-order valence-electron chi connectivity index (χ3n) is 4.59. The maximum atomic E-state index is 12.5. The van der Waals surface area contributed by atoms with Crippen molar-refractivity contribution in [3.05, 3.63) is 93.5 Å². The standard InChI is InChI=1S/C25H21BrN2O3/c1-17-8-6-7-9-19(17)16-31-24-22(26)13-18(14-23(24)30-2)12-20(15-27)25(29)28-21-10-4-3-5-11-21/h3-14H,16H2,1-2H3,(H,28,29)/b20-12+. The first-order valence-electron chi connectivity index (χ1n) is 9.55. The van der Waals surface area contributed by atoms with Crippen molar-refractivity contribution in [1.82, 2.24) is 0 Å². The molecule has 0 aliphatic carbocycles. The second kappa shape index (κ2) is 10.5. The monoisotopic (exact) mass is 476 g/mol. The van der Waals surface area contributed by atoms with Crippen LogP contribution in [0.5, 0.6) is 11.5 Å². The number of ether oxygens (including phenoxy) is 2. The number of nitrogens with zero attached hydrogens (tertiary/aromatic N) is 1. The number of hydrogen-bond acceptors (Lipinski definition) is 4. The normalized spacial score (nSPS) is 10.8. The number of nitriles is 1. The SMILES string of the molecule is COc1cc(/C=C(\C#N)C(=O)Nc2ccccc2)cc(Br)c1OCc1ccccc1C. The zero-order valence-electron chi connectivity index (χ0n) is 17.2. The van der Waals surface area contributed by atoms with Crippen LogP contribution in [0.2, 0.25) is 0 Å². The summed E-state index contributed by atoms with van der Waals surface area (Å²) in [7, 11) is 1.54. The molecule has 6 heteroatoms. The van der Waals surface area contributed by atoms with E-state index in [2.05, 4.69) is 21.2 Å². The van der Waals surface area contributed by atoms with Crippen LogP contribution in [0.3, 0.4) is 0 Å². The number of methoxy groups -OCH3 is 1. The molecular weight excluding hydrogens is 456 g/mol. The van der Waals surface area contributed by atoms with Crippen LogP contribution in [0.4, 0.5) is 5.69 Å². The van der Waals surface area contributed by atoms with Gasteiger partial charge < -0.3 is 14.8 Å². The van der Waals surface area contributed by atoms with Gasteiger partial charge in [0.25, 0.3) is 5.91 Å². The number of rotatable bonds is 7. The van der Waals surface area contributed by atoms with Crippen LogP contribution in [0.15, 0.2) is 76.8 Å². The summed E-state index contributed by atoms with van der Waals surface area (Å²) in [6.07, 6.45) is 1.51. The smallest absolute Gasteiger partial charge is 0.266 e. The predicted molar refractivity (Wildman–Crippen MR) is 125 cm³/mol. The van der Waals surface area contributed by atoms with Crippen LogP contribution in [0, 0.1) is 18.3 Å². The fourth-order valence-corrected chi connectivity index (χ4v) is 3.49. The van der Waals surface area contributed by atoms with Crippen LogP contribution in [-0.4, -0.2) is 13.0 Å². The van der Waals surface area contributed by atoms with Crippen LogP contribution < -0.4 is 14.8 Å². The Morgan fingerprint density at radius 1 is 1.13 bits per heavy atom. The summed E-state index contributed by atoms with van der Waals surface area (Å²) in [6, 6.07) is 22.4. The molecule has 1 amide bonds. The lowest BCUT2D eigenvalue weighted by Crippen LogP contribution is -2.13. The van der Waals surface area contributed by atoms with Crippen molar-refractivity contribution in [1.29, 1.82) is 5.26 Å². The molecule has 0 saturated carbocycles. The van der Waals surface area contributed by atoms with Crippen LogP contribution in [0.25, 0.3) is 6.08 Å². The van der Waals surface area contributed by atoms with E-state index in [4.69, 9.17) is 9.47 Å². The zero-order valence-corrected chi connectivity index (χ0v) is 18.8. The minimum absolute atomic E-state index is 0.0219. The molecule has 5 nitrogen and oxygen atoms in total. The van der Waals surface area contributed by atoms with Crippen LogP contribution >= 0.6 is 15.9 Å². The number of amides is 1. The highest BCUT2D eigenvalue weighted by Crippen LogP contribution is 2.38. The van der Waals surface area contributed by atoms with Gasteiger partial charge in [0.15, 0.2) is 11.5 Å². The van der Waals surface area contributed by atoms with Crippen molar-refractivity contribution in [3.63, 3.8) is 0 Å². The summed E-state index contributed by atoms with van der Waals surface area (Å²) in [5.74, 6) is 0.564. The van der Waals surface area contributed by atoms with Crippen molar-refractivity contribution in [2.45, 2.75) is 13.5 Å². The van der Waals surface area contributed by atoms with Crippen molar-refractivity contribution < 1.29 is 14.3 Å². The van der Waals surface area contributed by atoms with E-state index in [0.29, 0.717) is 33.8 Å². The van der Waals surface area contributed by atoms with Crippen molar-refractivity contribution in [2.75, 3.05) is 12.4 Å². The first kappa shape index (κ1) is 22.1. The molecule has 31 heavy (non-hydrogen) atoms. The van der Waals surface area contributed by atoms with Gasteiger partial charge >= 0.3 is 0 Å². The van der Waals surface area contributed by atoms with Gasteiger partial charge in [0, 0.05) is 5.69 Å². The van der Waals surface area contributed by atoms with Crippen molar-refractivity contribution in [2.24, 2.45) is 0 Å². The molecule has 0 fully saturated rings. The van der Waals surface area contributed by atoms with Crippen molar-refractivity contribution >= 4 is 33.6 Å². The lowest BCUT2D eigenvalue weighted by Gasteiger charge is -2.14. The third-order valence-corrected chi connectivity index (χ3v) is 5.18. The Labute approximate surface area is 190 Å². The molecule has 0 saturated heterocycles. The van der Waals surface area contributed by atoms with Gasteiger partial charge in [-0.15, -0.1) is 0 Å². The topological polar surface area (TPSA) is 71.3 Å². The summed E-state index contributed by atoms with van der Waals surface area (Å²) < 4.78 is 12.2. The van der Waals surface area contributed by atoms with E-state index in [-0.39, 0.29) is 5.57 Å². The Morgan fingerprint density at radius 2 is 1.84 bits per heavy atom. The van der Waals surface area contributed by atoms with Gasteiger partial charge in [-0.05, 0) is 69.9 Å². The van der Waals surface area contributed by atoms with Gasteiger partial charge in [0.2, 0.25) is 0 Å².